The van der Waals surface area contributed by atoms with Gasteiger partial charge in [-0.3, -0.25) is 4.98 Å². The van der Waals surface area contributed by atoms with E-state index in [1.165, 1.54) is 24.2 Å². The van der Waals surface area contributed by atoms with Gasteiger partial charge in [0, 0.05) is 19.0 Å². The Morgan fingerprint density at radius 3 is 2.35 bits per heavy atom. The Morgan fingerprint density at radius 2 is 1.54 bits per heavy atom. The Labute approximate surface area is 151 Å². The van der Waals surface area contributed by atoms with E-state index in [4.69, 9.17) is 9.97 Å². The molecule has 3 heterocycles. The first-order valence-electron chi connectivity index (χ1n) is 9.30. The molecule has 0 atom stereocenters. The first-order valence-corrected chi connectivity index (χ1v) is 9.30. The van der Waals surface area contributed by atoms with Crippen molar-refractivity contribution in [3.63, 3.8) is 0 Å². The van der Waals surface area contributed by atoms with Gasteiger partial charge in [0.15, 0.2) is 0 Å². The Kier molecular flexibility index (Phi) is 2.89. The minimum atomic E-state index is 0.464. The molecule has 1 aliphatic heterocycles. The number of hydrogen-bond acceptors (Lipinski definition) is 4. The lowest BCUT2D eigenvalue weighted by atomic mass is 10.1. The molecule has 2 aromatic heterocycles. The highest BCUT2D eigenvalue weighted by Crippen LogP contribution is 2.43. The highest BCUT2D eigenvalue weighted by Gasteiger charge is 2.36. The zero-order chi connectivity index (χ0) is 17.1. The largest absolute Gasteiger partial charge is 0.351 e. The Hall–Kier alpha value is -2.95. The lowest BCUT2D eigenvalue weighted by molar-refractivity contribution is 0.395. The number of imidazole rings is 1. The summed E-state index contributed by atoms with van der Waals surface area (Å²) >= 11 is 0. The van der Waals surface area contributed by atoms with E-state index in [2.05, 4.69) is 38.7 Å². The summed E-state index contributed by atoms with van der Waals surface area (Å²) in [5, 5.41) is 0. The number of nitrogens with zero attached hydrogens (tertiary/aromatic N) is 5. The van der Waals surface area contributed by atoms with Crippen LogP contribution in [0.2, 0.25) is 0 Å². The summed E-state index contributed by atoms with van der Waals surface area (Å²) in [4.78, 5) is 16.6. The zero-order valence-corrected chi connectivity index (χ0v) is 14.4. The fraction of sp³-hybridized carbons (Fsp3) is 0.286. The standard InChI is InChI=1S/C21H19N5/c1-2-6-17-16(5-1)22-11-20(23-17)25-12-15(13-25)26-19-8-4-3-7-18(19)24-21(26)14-9-10-14/h1-8,11,14-15H,9-10,12-13H2. The fourth-order valence-corrected chi connectivity index (χ4v) is 3.98. The minimum absolute atomic E-state index is 0.464. The van der Waals surface area contributed by atoms with Crippen molar-refractivity contribution in [2.24, 2.45) is 0 Å². The number of rotatable bonds is 3. The predicted molar refractivity (Wildman–Crippen MR) is 102 cm³/mol. The quantitative estimate of drug-likeness (QED) is 0.567. The lowest BCUT2D eigenvalue weighted by Gasteiger charge is -2.41. The lowest BCUT2D eigenvalue weighted by Crippen LogP contribution is -2.48. The van der Waals surface area contributed by atoms with E-state index in [1.54, 1.807) is 0 Å². The summed E-state index contributed by atoms with van der Waals surface area (Å²) in [6.45, 7) is 1.93. The van der Waals surface area contributed by atoms with Gasteiger partial charge >= 0.3 is 0 Å². The normalized spacial score (nSPS) is 17.8. The second-order valence-electron chi connectivity index (χ2n) is 7.38. The number of benzene rings is 2. The summed E-state index contributed by atoms with van der Waals surface area (Å²) in [7, 11) is 0. The van der Waals surface area contributed by atoms with Crippen LogP contribution >= 0.6 is 0 Å². The van der Waals surface area contributed by atoms with Crippen LogP contribution in [0, 0.1) is 0 Å². The van der Waals surface area contributed by atoms with E-state index >= 15 is 0 Å². The molecule has 0 unspecified atom stereocenters. The molecule has 0 spiro atoms. The topological polar surface area (TPSA) is 46.8 Å². The van der Waals surface area contributed by atoms with Gasteiger partial charge in [0.25, 0.3) is 0 Å². The van der Waals surface area contributed by atoms with E-state index in [0.29, 0.717) is 12.0 Å². The van der Waals surface area contributed by atoms with Crippen LogP contribution in [-0.4, -0.2) is 32.6 Å². The van der Waals surface area contributed by atoms with Gasteiger partial charge in [0.1, 0.15) is 11.6 Å². The Morgan fingerprint density at radius 1 is 0.808 bits per heavy atom. The van der Waals surface area contributed by atoms with Crippen molar-refractivity contribution in [3.8, 4) is 0 Å². The van der Waals surface area contributed by atoms with Gasteiger partial charge < -0.3 is 9.47 Å². The maximum atomic E-state index is 4.93. The summed E-state index contributed by atoms with van der Waals surface area (Å²) < 4.78 is 2.48. The number of para-hydroxylation sites is 4. The van der Waals surface area contributed by atoms with Crippen LogP contribution in [0.1, 0.15) is 30.6 Å². The molecule has 5 nitrogen and oxygen atoms in total. The van der Waals surface area contributed by atoms with Crippen LogP contribution in [0.25, 0.3) is 22.1 Å². The molecule has 2 aromatic carbocycles. The molecule has 0 radical (unpaired) electrons. The molecule has 1 saturated heterocycles. The molecule has 128 valence electrons. The summed E-state index contributed by atoms with van der Waals surface area (Å²) in [5.41, 5.74) is 4.30. The molecule has 0 amide bonds. The zero-order valence-electron chi connectivity index (χ0n) is 14.4. The monoisotopic (exact) mass is 341 g/mol. The SMILES string of the molecule is c1ccc2nc(N3CC(n4c(C5CC5)nc5ccccc54)C3)cnc2c1. The molecule has 26 heavy (non-hydrogen) atoms. The molecule has 0 bridgehead atoms. The molecule has 1 saturated carbocycles. The molecule has 1 aliphatic carbocycles. The van der Waals surface area contributed by atoms with Crippen molar-refractivity contribution in [1.29, 1.82) is 0 Å². The third kappa shape index (κ3) is 2.13. The number of aromatic nitrogens is 4. The molecular formula is C21H19N5. The molecular weight excluding hydrogens is 322 g/mol. The molecule has 2 aliphatic rings. The van der Waals surface area contributed by atoms with E-state index in [9.17, 15) is 0 Å². The number of anilines is 1. The van der Waals surface area contributed by atoms with Crippen LogP contribution in [0.5, 0.6) is 0 Å². The van der Waals surface area contributed by atoms with Crippen LogP contribution < -0.4 is 4.90 Å². The number of hydrogen-bond donors (Lipinski definition) is 0. The second kappa shape index (κ2) is 5.27. The Balaban J connectivity index is 1.32. The van der Waals surface area contributed by atoms with Crippen molar-refractivity contribution in [2.75, 3.05) is 18.0 Å². The summed E-state index contributed by atoms with van der Waals surface area (Å²) in [6, 6.07) is 17.0. The maximum Gasteiger partial charge on any atom is 0.147 e. The van der Waals surface area contributed by atoms with Gasteiger partial charge in [0.05, 0.1) is 34.3 Å². The maximum absolute atomic E-state index is 4.93. The van der Waals surface area contributed by atoms with Crippen LogP contribution in [0.15, 0.2) is 54.7 Å². The van der Waals surface area contributed by atoms with Gasteiger partial charge in [-0.25, -0.2) is 9.97 Å². The smallest absolute Gasteiger partial charge is 0.147 e. The fourth-order valence-electron chi connectivity index (χ4n) is 3.98. The third-order valence-corrected chi connectivity index (χ3v) is 5.55. The molecule has 5 heteroatoms. The van der Waals surface area contributed by atoms with Gasteiger partial charge in [0.2, 0.25) is 0 Å². The average Bonchev–Trinajstić information content (AvgIpc) is 3.42. The Bertz CT molecular complexity index is 1120. The molecule has 6 rings (SSSR count). The third-order valence-electron chi connectivity index (χ3n) is 5.55. The highest BCUT2D eigenvalue weighted by molar-refractivity contribution is 5.77. The van der Waals surface area contributed by atoms with Crippen LogP contribution in [-0.2, 0) is 0 Å². The van der Waals surface area contributed by atoms with E-state index in [0.717, 1.165) is 35.5 Å². The highest BCUT2D eigenvalue weighted by atomic mass is 15.3. The van der Waals surface area contributed by atoms with Crippen LogP contribution in [0.3, 0.4) is 0 Å². The molecule has 2 fully saturated rings. The first kappa shape index (κ1) is 14.2. The van der Waals surface area contributed by atoms with Crippen molar-refractivity contribution in [3.05, 3.63) is 60.6 Å². The average molecular weight is 341 g/mol. The summed E-state index contributed by atoms with van der Waals surface area (Å²) in [5.74, 6) is 2.90. The minimum Gasteiger partial charge on any atom is -0.351 e. The predicted octanol–water partition coefficient (Wildman–Crippen LogP) is 3.92. The number of fused-ring (bicyclic) bond motifs is 2. The van der Waals surface area contributed by atoms with E-state index < -0.39 is 0 Å². The van der Waals surface area contributed by atoms with Crippen LogP contribution in [0.4, 0.5) is 5.82 Å². The first-order chi connectivity index (χ1) is 12.9. The van der Waals surface area contributed by atoms with E-state index in [-0.39, 0.29) is 0 Å². The van der Waals surface area contributed by atoms with Crippen molar-refractivity contribution < 1.29 is 0 Å². The van der Waals surface area contributed by atoms with Crippen molar-refractivity contribution in [1.82, 2.24) is 19.5 Å². The van der Waals surface area contributed by atoms with E-state index in [1.807, 2.05) is 30.5 Å². The second-order valence-corrected chi connectivity index (χ2v) is 7.38. The van der Waals surface area contributed by atoms with Gasteiger partial charge in [-0.15, -0.1) is 0 Å². The van der Waals surface area contributed by atoms with Gasteiger partial charge in [-0.05, 0) is 37.1 Å². The van der Waals surface area contributed by atoms with Gasteiger partial charge in [-0.2, -0.15) is 0 Å². The van der Waals surface area contributed by atoms with Crippen molar-refractivity contribution in [2.45, 2.75) is 24.8 Å². The molecule has 4 aromatic rings. The van der Waals surface area contributed by atoms with Gasteiger partial charge in [-0.1, -0.05) is 24.3 Å². The summed E-state index contributed by atoms with van der Waals surface area (Å²) in [6.07, 6.45) is 4.44. The van der Waals surface area contributed by atoms with Crippen molar-refractivity contribution >= 4 is 27.9 Å². The molecule has 0 N–H and O–H groups in total.